The summed E-state index contributed by atoms with van der Waals surface area (Å²) in [4.78, 5) is 43.1. The number of furan rings is 1. The number of carbonyl (C=O) groups excluding carboxylic acids is 3. The Hall–Kier alpha value is -4.91. The van der Waals surface area contributed by atoms with Crippen molar-refractivity contribution in [3.05, 3.63) is 132 Å². The third-order valence-electron chi connectivity index (χ3n) is 6.05. The normalized spacial score (nSPS) is 12.5. The molecule has 2 N–H and O–H groups in total. The number of H-pyrrole nitrogens is 1. The van der Waals surface area contributed by atoms with Crippen LogP contribution in [-0.4, -0.2) is 28.7 Å². The van der Waals surface area contributed by atoms with Gasteiger partial charge in [0, 0.05) is 34.6 Å². The van der Waals surface area contributed by atoms with E-state index in [-0.39, 0.29) is 18.0 Å². The van der Waals surface area contributed by atoms with Gasteiger partial charge in [-0.25, -0.2) is 4.79 Å². The van der Waals surface area contributed by atoms with Gasteiger partial charge in [-0.15, -0.1) is 0 Å². The minimum absolute atomic E-state index is 0.0698. The van der Waals surface area contributed by atoms with Crippen molar-refractivity contribution >= 4 is 28.6 Å². The number of esters is 1. The predicted octanol–water partition coefficient (Wildman–Crippen LogP) is 5.27. The Morgan fingerprint density at radius 2 is 1.54 bits per heavy atom. The standard InChI is InChI=1S/C30H24N2O5/c33-27(23-19-31-24-15-8-7-14-22(23)24)28(21-12-5-2-6-13-21)37-30(35)25(18-20-10-3-1-4-11-20)32-29(34)26-16-9-17-36-26/h1-17,19,25,28,31H,18H2,(H,32,34). The molecule has 0 bridgehead atoms. The molecule has 0 fully saturated rings. The lowest BCUT2D eigenvalue weighted by atomic mass is 9.99. The SMILES string of the molecule is O=C(NC(Cc1ccccc1)C(=O)OC(C(=O)c1c[nH]c2ccccc12)c1ccccc1)c1ccco1. The summed E-state index contributed by atoms with van der Waals surface area (Å²) in [7, 11) is 0. The van der Waals surface area contributed by atoms with Crippen molar-refractivity contribution in [2.24, 2.45) is 0 Å². The monoisotopic (exact) mass is 492 g/mol. The number of nitrogens with one attached hydrogen (secondary N) is 2. The quantitative estimate of drug-likeness (QED) is 0.216. The molecule has 7 heteroatoms. The first kappa shape index (κ1) is 23.8. The molecule has 0 radical (unpaired) electrons. The molecule has 5 aromatic rings. The van der Waals surface area contributed by atoms with E-state index >= 15 is 0 Å². The molecule has 0 aliphatic rings. The summed E-state index contributed by atoms with van der Waals surface area (Å²) in [5, 5.41) is 3.44. The van der Waals surface area contributed by atoms with Crippen LogP contribution in [-0.2, 0) is 16.0 Å². The molecule has 0 aliphatic carbocycles. The van der Waals surface area contributed by atoms with E-state index in [1.54, 1.807) is 36.5 Å². The van der Waals surface area contributed by atoms with Crippen LogP contribution in [0.2, 0.25) is 0 Å². The molecule has 2 aromatic heterocycles. The highest BCUT2D eigenvalue weighted by atomic mass is 16.5. The second-order valence-electron chi connectivity index (χ2n) is 8.53. The fourth-order valence-corrected chi connectivity index (χ4v) is 4.20. The molecule has 0 aliphatic heterocycles. The van der Waals surface area contributed by atoms with Crippen LogP contribution in [0.4, 0.5) is 0 Å². The highest BCUT2D eigenvalue weighted by Crippen LogP contribution is 2.28. The fourth-order valence-electron chi connectivity index (χ4n) is 4.20. The molecule has 2 unspecified atom stereocenters. The van der Waals surface area contributed by atoms with Gasteiger partial charge >= 0.3 is 5.97 Å². The lowest BCUT2D eigenvalue weighted by Gasteiger charge is -2.22. The summed E-state index contributed by atoms with van der Waals surface area (Å²) in [6.45, 7) is 0. The largest absolute Gasteiger partial charge is 0.459 e. The van der Waals surface area contributed by atoms with Gasteiger partial charge in [0.25, 0.3) is 5.91 Å². The minimum Gasteiger partial charge on any atom is -0.459 e. The lowest BCUT2D eigenvalue weighted by Crippen LogP contribution is -2.44. The van der Waals surface area contributed by atoms with Crippen molar-refractivity contribution in [1.82, 2.24) is 10.3 Å². The number of rotatable bonds is 9. The van der Waals surface area contributed by atoms with Gasteiger partial charge in [0.15, 0.2) is 11.9 Å². The first-order valence-corrected chi connectivity index (χ1v) is 11.8. The van der Waals surface area contributed by atoms with E-state index < -0.39 is 24.0 Å². The van der Waals surface area contributed by atoms with E-state index in [9.17, 15) is 14.4 Å². The Balaban J connectivity index is 1.45. The summed E-state index contributed by atoms with van der Waals surface area (Å²) in [6, 6.07) is 27.6. The van der Waals surface area contributed by atoms with Crippen molar-refractivity contribution in [1.29, 1.82) is 0 Å². The Morgan fingerprint density at radius 3 is 2.27 bits per heavy atom. The molecular formula is C30H24N2O5. The number of ketones is 1. The van der Waals surface area contributed by atoms with E-state index in [0.717, 1.165) is 16.5 Å². The first-order valence-electron chi connectivity index (χ1n) is 11.8. The van der Waals surface area contributed by atoms with Crippen LogP contribution in [0, 0.1) is 0 Å². The summed E-state index contributed by atoms with van der Waals surface area (Å²) < 4.78 is 11.1. The van der Waals surface area contributed by atoms with E-state index in [4.69, 9.17) is 9.15 Å². The summed E-state index contributed by atoms with van der Waals surface area (Å²) in [5.41, 5.74) is 2.57. The Bertz CT molecular complexity index is 1510. The third kappa shape index (κ3) is 5.36. The average molecular weight is 493 g/mol. The van der Waals surface area contributed by atoms with E-state index in [1.807, 2.05) is 60.7 Å². The molecule has 2 atom stereocenters. The number of benzene rings is 3. The molecule has 7 nitrogen and oxygen atoms in total. The molecule has 0 spiro atoms. The zero-order chi connectivity index (χ0) is 25.6. The number of carbonyl (C=O) groups is 3. The van der Waals surface area contributed by atoms with Gasteiger partial charge in [0.05, 0.1) is 6.26 Å². The number of hydrogen-bond acceptors (Lipinski definition) is 5. The number of ether oxygens (including phenoxy) is 1. The molecule has 2 heterocycles. The number of aromatic nitrogens is 1. The van der Waals surface area contributed by atoms with Gasteiger partial charge < -0.3 is 19.5 Å². The smallest absolute Gasteiger partial charge is 0.330 e. The Labute approximate surface area is 213 Å². The Kier molecular flexibility index (Phi) is 6.94. The highest BCUT2D eigenvalue weighted by molar-refractivity contribution is 6.10. The van der Waals surface area contributed by atoms with Gasteiger partial charge in [0.1, 0.15) is 6.04 Å². The van der Waals surface area contributed by atoms with Crippen molar-refractivity contribution in [2.75, 3.05) is 0 Å². The van der Waals surface area contributed by atoms with Gasteiger partial charge in [-0.2, -0.15) is 0 Å². The van der Waals surface area contributed by atoms with Crippen LogP contribution in [0.15, 0.2) is 114 Å². The molecule has 37 heavy (non-hydrogen) atoms. The zero-order valence-electron chi connectivity index (χ0n) is 19.8. The van der Waals surface area contributed by atoms with E-state index in [1.165, 1.54) is 12.3 Å². The molecule has 3 aromatic carbocycles. The maximum atomic E-state index is 13.7. The fraction of sp³-hybridized carbons (Fsp3) is 0.100. The van der Waals surface area contributed by atoms with Crippen molar-refractivity contribution < 1.29 is 23.5 Å². The Morgan fingerprint density at radius 1 is 0.838 bits per heavy atom. The second-order valence-corrected chi connectivity index (χ2v) is 8.53. The van der Waals surface area contributed by atoms with Crippen molar-refractivity contribution in [3.8, 4) is 0 Å². The van der Waals surface area contributed by atoms with Crippen LogP contribution >= 0.6 is 0 Å². The van der Waals surface area contributed by atoms with Crippen LogP contribution < -0.4 is 5.32 Å². The van der Waals surface area contributed by atoms with Crippen molar-refractivity contribution in [3.63, 3.8) is 0 Å². The molecule has 1 amide bonds. The average Bonchev–Trinajstić information content (AvgIpc) is 3.63. The van der Waals surface area contributed by atoms with Crippen LogP contribution in [0.3, 0.4) is 0 Å². The summed E-state index contributed by atoms with van der Waals surface area (Å²) in [5.74, 6) is -1.58. The maximum Gasteiger partial charge on any atom is 0.330 e. The third-order valence-corrected chi connectivity index (χ3v) is 6.05. The van der Waals surface area contributed by atoms with Crippen LogP contribution in [0.5, 0.6) is 0 Å². The minimum atomic E-state index is -1.20. The second kappa shape index (κ2) is 10.8. The van der Waals surface area contributed by atoms with Crippen LogP contribution in [0.1, 0.15) is 38.1 Å². The summed E-state index contributed by atoms with van der Waals surface area (Å²) >= 11 is 0. The number of hydrogen-bond donors (Lipinski definition) is 2. The number of para-hydroxylation sites is 1. The molecule has 0 saturated carbocycles. The number of amides is 1. The lowest BCUT2D eigenvalue weighted by molar-refractivity contribution is -0.149. The van der Waals surface area contributed by atoms with E-state index in [0.29, 0.717) is 11.1 Å². The number of Topliss-reactive ketones (excluding diaryl/α,β-unsaturated/α-hetero) is 1. The number of aromatic amines is 1. The van der Waals surface area contributed by atoms with Gasteiger partial charge in [-0.05, 0) is 23.8 Å². The van der Waals surface area contributed by atoms with E-state index in [2.05, 4.69) is 10.3 Å². The van der Waals surface area contributed by atoms with Gasteiger partial charge in [0.2, 0.25) is 5.78 Å². The molecular weight excluding hydrogens is 468 g/mol. The predicted molar refractivity (Wildman–Crippen MR) is 138 cm³/mol. The molecule has 5 rings (SSSR count). The summed E-state index contributed by atoms with van der Waals surface area (Å²) in [6.07, 6.45) is 1.98. The zero-order valence-corrected chi connectivity index (χ0v) is 19.8. The first-order chi connectivity index (χ1) is 18.1. The molecule has 184 valence electrons. The highest BCUT2D eigenvalue weighted by Gasteiger charge is 2.32. The van der Waals surface area contributed by atoms with Gasteiger partial charge in [-0.3, -0.25) is 9.59 Å². The number of fused-ring (bicyclic) bond motifs is 1. The van der Waals surface area contributed by atoms with Crippen molar-refractivity contribution in [2.45, 2.75) is 18.6 Å². The van der Waals surface area contributed by atoms with Gasteiger partial charge in [-0.1, -0.05) is 78.9 Å². The van der Waals surface area contributed by atoms with Crippen LogP contribution in [0.25, 0.3) is 10.9 Å². The topological polar surface area (TPSA) is 101 Å². The molecule has 0 saturated heterocycles. The maximum absolute atomic E-state index is 13.7.